The Balaban J connectivity index is 1.54. The predicted molar refractivity (Wildman–Crippen MR) is 104 cm³/mol. The lowest BCUT2D eigenvalue weighted by molar-refractivity contribution is 0.0663. The Morgan fingerprint density at radius 3 is 2.81 bits per heavy atom. The van der Waals surface area contributed by atoms with Gasteiger partial charge in [0, 0.05) is 25.2 Å². The Kier molecular flexibility index (Phi) is 4.55. The number of hydrogen-bond acceptors (Lipinski definition) is 3. The second-order valence-corrected chi connectivity index (χ2v) is 7.22. The van der Waals surface area contributed by atoms with Crippen LogP contribution < -0.4 is 5.73 Å². The highest BCUT2D eigenvalue weighted by atomic mass is 35.5. The number of carbonyl (C=O) groups excluding carboxylic acids is 1. The number of amides is 1. The minimum atomic E-state index is 0.0943. The maximum absolute atomic E-state index is 12.7. The first kappa shape index (κ1) is 16.9. The number of aromatic nitrogens is 2. The van der Waals surface area contributed by atoms with Crippen molar-refractivity contribution in [2.45, 2.75) is 19.4 Å². The van der Waals surface area contributed by atoms with Crippen LogP contribution in [0.4, 0.5) is 5.95 Å². The fourth-order valence-corrected chi connectivity index (χ4v) is 4.04. The minimum Gasteiger partial charge on any atom is -0.369 e. The van der Waals surface area contributed by atoms with E-state index in [4.69, 9.17) is 17.3 Å². The van der Waals surface area contributed by atoms with Gasteiger partial charge in [0.25, 0.3) is 5.91 Å². The summed E-state index contributed by atoms with van der Waals surface area (Å²) in [5, 5.41) is 0.653. The van der Waals surface area contributed by atoms with Crippen molar-refractivity contribution in [1.29, 1.82) is 0 Å². The number of halogens is 1. The molecule has 1 amide bonds. The van der Waals surface area contributed by atoms with Crippen LogP contribution in [0.1, 0.15) is 23.2 Å². The van der Waals surface area contributed by atoms with Crippen molar-refractivity contribution in [3.63, 3.8) is 0 Å². The zero-order valence-corrected chi connectivity index (χ0v) is 15.2. The Labute approximate surface area is 157 Å². The number of nitrogens with two attached hydrogens (primary N) is 1. The summed E-state index contributed by atoms with van der Waals surface area (Å²) in [6.07, 6.45) is 2.05. The third kappa shape index (κ3) is 3.15. The topological polar surface area (TPSA) is 64.2 Å². The summed E-state index contributed by atoms with van der Waals surface area (Å²) in [4.78, 5) is 19.1. The third-order valence-corrected chi connectivity index (χ3v) is 5.32. The maximum atomic E-state index is 12.7. The molecule has 1 fully saturated rings. The van der Waals surface area contributed by atoms with Crippen LogP contribution in [0.15, 0.2) is 48.5 Å². The van der Waals surface area contributed by atoms with Crippen LogP contribution in [-0.4, -0.2) is 33.4 Å². The van der Waals surface area contributed by atoms with Crippen molar-refractivity contribution < 1.29 is 4.79 Å². The molecule has 134 valence electrons. The van der Waals surface area contributed by atoms with Gasteiger partial charge >= 0.3 is 0 Å². The molecule has 4 rings (SSSR count). The van der Waals surface area contributed by atoms with Gasteiger partial charge in [-0.2, -0.15) is 0 Å². The van der Waals surface area contributed by atoms with Gasteiger partial charge in [-0.05, 0) is 43.0 Å². The lowest BCUT2D eigenvalue weighted by Crippen LogP contribution is -2.41. The van der Waals surface area contributed by atoms with E-state index in [-0.39, 0.29) is 5.91 Å². The van der Waals surface area contributed by atoms with Gasteiger partial charge in [0.2, 0.25) is 5.95 Å². The summed E-state index contributed by atoms with van der Waals surface area (Å²) >= 11 is 6.37. The van der Waals surface area contributed by atoms with E-state index in [0.29, 0.717) is 23.4 Å². The smallest absolute Gasteiger partial charge is 0.253 e. The zero-order valence-electron chi connectivity index (χ0n) is 14.4. The van der Waals surface area contributed by atoms with Crippen molar-refractivity contribution in [2.75, 3.05) is 18.8 Å². The third-order valence-electron chi connectivity index (χ3n) is 5.01. The van der Waals surface area contributed by atoms with Gasteiger partial charge in [-0.3, -0.25) is 4.79 Å². The van der Waals surface area contributed by atoms with Crippen molar-refractivity contribution in [3.05, 3.63) is 59.1 Å². The van der Waals surface area contributed by atoms with Gasteiger partial charge in [-0.15, -0.1) is 0 Å². The number of carbonyl (C=O) groups is 1. The van der Waals surface area contributed by atoms with E-state index in [2.05, 4.69) is 4.98 Å². The number of likely N-dealkylation sites (tertiary alicyclic amines) is 1. The number of benzene rings is 2. The molecule has 1 saturated heterocycles. The molecule has 26 heavy (non-hydrogen) atoms. The Bertz CT molecular complexity index is 938. The first-order chi connectivity index (χ1) is 12.6. The normalized spacial score (nSPS) is 17.6. The average Bonchev–Trinajstić information content (AvgIpc) is 2.99. The monoisotopic (exact) mass is 368 g/mol. The van der Waals surface area contributed by atoms with Crippen LogP contribution >= 0.6 is 11.6 Å². The molecule has 1 atom stereocenters. The van der Waals surface area contributed by atoms with E-state index in [0.717, 1.165) is 42.5 Å². The maximum Gasteiger partial charge on any atom is 0.253 e. The van der Waals surface area contributed by atoms with E-state index < -0.39 is 0 Å². The molecule has 6 heteroatoms. The molecule has 0 aliphatic carbocycles. The van der Waals surface area contributed by atoms with Crippen LogP contribution in [-0.2, 0) is 6.54 Å². The molecule has 2 aromatic carbocycles. The molecule has 3 aromatic rings. The largest absolute Gasteiger partial charge is 0.369 e. The molecular weight excluding hydrogens is 348 g/mol. The quantitative estimate of drug-likeness (QED) is 0.764. The van der Waals surface area contributed by atoms with Gasteiger partial charge in [-0.25, -0.2) is 4.98 Å². The number of anilines is 1. The van der Waals surface area contributed by atoms with E-state index in [1.54, 1.807) is 0 Å². The molecule has 0 spiro atoms. The fourth-order valence-electron chi connectivity index (χ4n) is 3.76. The highest BCUT2D eigenvalue weighted by Gasteiger charge is 2.26. The summed E-state index contributed by atoms with van der Waals surface area (Å²) in [6, 6.07) is 15.1. The Morgan fingerprint density at radius 1 is 1.19 bits per heavy atom. The molecule has 1 aliphatic heterocycles. The van der Waals surface area contributed by atoms with E-state index >= 15 is 0 Å². The molecule has 0 radical (unpaired) electrons. The van der Waals surface area contributed by atoms with Gasteiger partial charge in [-0.1, -0.05) is 35.9 Å². The Morgan fingerprint density at radius 2 is 2.00 bits per heavy atom. The minimum absolute atomic E-state index is 0.0943. The van der Waals surface area contributed by atoms with Gasteiger partial charge in [0.05, 0.1) is 16.1 Å². The highest BCUT2D eigenvalue weighted by Crippen LogP contribution is 2.28. The van der Waals surface area contributed by atoms with Crippen LogP contribution in [0, 0.1) is 5.92 Å². The van der Waals surface area contributed by atoms with E-state index in [1.807, 2.05) is 58.0 Å². The molecule has 1 unspecified atom stereocenters. The molecule has 0 bridgehead atoms. The number of para-hydroxylation sites is 1. The molecule has 1 aromatic heterocycles. The van der Waals surface area contributed by atoms with Crippen molar-refractivity contribution in [2.24, 2.45) is 5.92 Å². The van der Waals surface area contributed by atoms with Crippen LogP contribution in [0.3, 0.4) is 0 Å². The highest BCUT2D eigenvalue weighted by molar-refractivity contribution is 6.35. The summed E-state index contributed by atoms with van der Waals surface area (Å²) in [6.45, 7) is 2.23. The SMILES string of the molecule is Nc1nc2cccc(Cl)c2n1CC1CCCN(C(=O)c2ccccc2)C1. The second-order valence-electron chi connectivity index (χ2n) is 6.81. The number of piperidine rings is 1. The number of fused-ring (bicyclic) bond motifs is 1. The number of hydrogen-bond donors (Lipinski definition) is 1. The van der Waals surface area contributed by atoms with Crippen molar-refractivity contribution >= 4 is 34.5 Å². The van der Waals surface area contributed by atoms with E-state index in [9.17, 15) is 4.79 Å². The molecule has 1 aliphatic rings. The average molecular weight is 369 g/mol. The van der Waals surface area contributed by atoms with Gasteiger partial charge in [0.15, 0.2) is 0 Å². The first-order valence-corrected chi connectivity index (χ1v) is 9.26. The second kappa shape index (κ2) is 7.00. The molecule has 5 nitrogen and oxygen atoms in total. The lowest BCUT2D eigenvalue weighted by atomic mass is 9.97. The summed E-state index contributed by atoms with van der Waals surface area (Å²) in [5.74, 6) is 0.892. The van der Waals surface area contributed by atoms with Crippen molar-refractivity contribution in [3.8, 4) is 0 Å². The van der Waals surface area contributed by atoms with Crippen LogP contribution in [0.5, 0.6) is 0 Å². The van der Waals surface area contributed by atoms with Crippen LogP contribution in [0.25, 0.3) is 11.0 Å². The molecule has 2 heterocycles. The summed E-state index contributed by atoms with van der Waals surface area (Å²) in [7, 11) is 0. The van der Waals surface area contributed by atoms with Crippen molar-refractivity contribution in [1.82, 2.24) is 14.5 Å². The molecular formula is C20H21ClN4O. The standard InChI is InChI=1S/C20H21ClN4O/c21-16-9-4-10-17-18(16)25(20(22)23-17)13-14-6-5-11-24(12-14)19(26)15-7-2-1-3-8-15/h1-4,7-10,14H,5-6,11-13H2,(H2,22,23). The first-order valence-electron chi connectivity index (χ1n) is 8.88. The number of rotatable bonds is 3. The number of imidazole rings is 1. The van der Waals surface area contributed by atoms with Gasteiger partial charge < -0.3 is 15.2 Å². The number of nitrogens with zero attached hydrogens (tertiary/aromatic N) is 3. The predicted octanol–water partition coefficient (Wildman–Crippen LogP) is 3.82. The summed E-state index contributed by atoms with van der Waals surface area (Å²) in [5.41, 5.74) is 8.56. The fraction of sp³-hybridized carbons (Fsp3) is 0.300. The number of nitrogen functional groups attached to an aromatic ring is 1. The Hall–Kier alpha value is -2.53. The molecule has 2 N–H and O–H groups in total. The molecule has 0 saturated carbocycles. The van der Waals surface area contributed by atoms with Gasteiger partial charge in [0.1, 0.15) is 0 Å². The van der Waals surface area contributed by atoms with Crippen LogP contribution in [0.2, 0.25) is 5.02 Å². The summed E-state index contributed by atoms with van der Waals surface area (Å²) < 4.78 is 1.98. The zero-order chi connectivity index (χ0) is 18.1. The van der Waals surface area contributed by atoms with E-state index in [1.165, 1.54) is 0 Å². The lowest BCUT2D eigenvalue weighted by Gasteiger charge is -2.33.